The Morgan fingerprint density at radius 2 is 1.96 bits per heavy atom. The average molecular weight is 326 g/mol. The minimum absolute atomic E-state index is 0.226. The van der Waals surface area contributed by atoms with E-state index in [1.165, 1.54) is 0 Å². The van der Waals surface area contributed by atoms with Crippen molar-refractivity contribution < 1.29 is 14.2 Å². The summed E-state index contributed by atoms with van der Waals surface area (Å²) in [5.74, 6) is 0.687. The summed E-state index contributed by atoms with van der Waals surface area (Å²) in [7, 11) is 2.12. The van der Waals surface area contributed by atoms with Crippen LogP contribution in [0.1, 0.15) is 18.3 Å². The Labute approximate surface area is 142 Å². The smallest absolute Gasteiger partial charge is 0.214 e. The number of nitrogens with zero attached hydrogens (tertiary/aromatic N) is 2. The van der Waals surface area contributed by atoms with Crippen molar-refractivity contribution in [1.82, 2.24) is 9.88 Å². The van der Waals surface area contributed by atoms with E-state index in [4.69, 9.17) is 14.2 Å². The van der Waals surface area contributed by atoms with Crippen LogP contribution >= 0.6 is 0 Å². The Balaban J connectivity index is 1.53. The normalized spacial score (nSPS) is 22.1. The van der Waals surface area contributed by atoms with Gasteiger partial charge in [-0.25, -0.2) is 4.98 Å². The summed E-state index contributed by atoms with van der Waals surface area (Å²) >= 11 is 0. The molecular formula is C19H22N2O3. The molecule has 0 N–H and O–H groups in total. The third-order valence-electron chi connectivity index (χ3n) is 4.44. The van der Waals surface area contributed by atoms with E-state index >= 15 is 0 Å². The third kappa shape index (κ3) is 3.43. The van der Waals surface area contributed by atoms with E-state index in [0.717, 1.165) is 36.3 Å². The second-order valence-electron chi connectivity index (χ2n) is 6.35. The summed E-state index contributed by atoms with van der Waals surface area (Å²) in [6.45, 7) is 3.32. The molecule has 2 saturated heterocycles. The van der Waals surface area contributed by atoms with Gasteiger partial charge in [-0.2, -0.15) is 0 Å². The van der Waals surface area contributed by atoms with Crippen LogP contribution in [-0.4, -0.2) is 49.3 Å². The van der Waals surface area contributed by atoms with Crippen molar-refractivity contribution >= 4 is 0 Å². The monoisotopic (exact) mass is 326 g/mol. The van der Waals surface area contributed by atoms with Crippen molar-refractivity contribution in [2.24, 2.45) is 0 Å². The van der Waals surface area contributed by atoms with Crippen LogP contribution in [0.4, 0.5) is 0 Å². The van der Waals surface area contributed by atoms with E-state index in [-0.39, 0.29) is 12.4 Å². The largest absolute Gasteiger partial charge is 0.473 e. The van der Waals surface area contributed by atoms with Crippen molar-refractivity contribution in [2.75, 3.05) is 33.4 Å². The third-order valence-corrected chi connectivity index (χ3v) is 4.44. The average Bonchev–Trinajstić information content (AvgIpc) is 3.27. The van der Waals surface area contributed by atoms with Gasteiger partial charge in [0.2, 0.25) is 5.88 Å². The molecule has 0 aliphatic carbocycles. The number of aromatic nitrogens is 1. The molecule has 3 heterocycles. The highest BCUT2D eigenvalue weighted by Gasteiger charge is 2.22. The second kappa shape index (κ2) is 6.89. The lowest BCUT2D eigenvalue weighted by atomic mass is 10.1. The predicted molar refractivity (Wildman–Crippen MR) is 90.8 cm³/mol. The molecule has 0 saturated carbocycles. The fraction of sp³-hybridized carbons (Fsp3) is 0.421. The van der Waals surface area contributed by atoms with Crippen LogP contribution in [0, 0.1) is 0 Å². The van der Waals surface area contributed by atoms with Gasteiger partial charge >= 0.3 is 0 Å². The van der Waals surface area contributed by atoms with Gasteiger partial charge in [-0.15, -0.1) is 0 Å². The minimum atomic E-state index is -0.265. The van der Waals surface area contributed by atoms with Crippen LogP contribution in [0.3, 0.4) is 0 Å². The minimum Gasteiger partial charge on any atom is -0.473 e. The molecule has 24 heavy (non-hydrogen) atoms. The van der Waals surface area contributed by atoms with Crippen molar-refractivity contribution in [2.45, 2.75) is 18.8 Å². The van der Waals surface area contributed by atoms with Crippen molar-refractivity contribution in [3.8, 4) is 17.1 Å². The molecule has 1 atom stereocenters. The zero-order chi connectivity index (χ0) is 16.4. The van der Waals surface area contributed by atoms with E-state index < -0.39 is 0 Å². The summed E-state index contributed by atoms with van der Waals surface area (Å²) in [4.78, 5) is 6.95. The lowest BCUT2D eigenvalue weighted by Crippen LogP contribution is -2.21. The van der Waals surface area contributed by atoms with Gasteiger partial charge < -0.3 is 19.1 Å². The molecule has 0 bridgehead atoms. The lowest BCUT2D eigenvalue weighted by molar-refractivity contribution is -0.0440. The van der Waals surface area contributed by atoms with E-state index in [1.54, 1.807) is 0 Å². The molecule has 5 heteroatoms. The summed E-state index contributed by atoms with van der Waals surface area (Å²) in [6.07, 6.45) is 1.01. The van der Waals surface area contributed by atoms with E-state index in [0.29, 0.717) is 19.1 Å². The fourth-order valence-electron chi connectivity index (χ4n) is 3.20. The number of ether oxygens (including phenoxy) is 3. The summed E-state index contributed by atoms with van der Waals surface area (Å²) in [6, 6.07) is 14.1. The topological polar surface area (TPSA) is 43.8 Å². The number of benzene rings is 1. The van der Waals surface area contributed by atoms with Gasteiger partial charge in [0.1, 0.15) is 6.10 Å². The van der Waals surface area contributed by atoms with Crippen LogP contribution in [0.2, 0.25) is 0 Å². The number of rotatable bonds is 4. The molecule has 0 amide bonds. The predicted octanol–water partition coefficient (Wildman–Crippen LogP) is 2.88. The highest BCUT2D eigenvalue weighted by Crippen LogP contribution is 2.28. The molecule has 2 fully saturated rings. The SMILES string of the molecule is CN1CC[C@H](Oc2cccc(-c3cccc(C4OCCO4)c3)n2)C1. The quantitative estimate of drug-likeness (QED) is 0.864. The van der Waals surface area contributed by atoms with Gasteiger partial charge in [0.25, 0.3) is 0 Å². The molecular weight excluding hydrogens is 304 g/mol. The molecule has 4 rings (SSSR count). The number of likely N-dealkylation sites (N-methyl/N-ethyl adjacent to an activating group) is 1. The van der Waals surface area contributed by atoms with Crippen LogP contribution in [-0.2, 0) is 9.47 Å². The zero-order valence-corrected chi connectivity index (χ0v) is 13.9. The highest BCUT2D eigenvalue weighted by molar-refractivity contribution is 5.60. The maximum Gasteiger partial charge on any atom is 0.214 e. The molecule has 2 aliphatic rings. The lowest BCUT2D eigenvalue weighted by Gasteiger charge is -2.14. The van der Waals surface area contributed by atoms with Gasteiger partial charge in [0.15, 0.2) is 6.29 Å². The van der Waals surface area contributed by atoms with Gasteiger partial charge in [0, 0.05) is 30.3 Å². The number of hydrogen-bond donors (Lipinski definition) is 0. The van der Waals surface area contributed by atoms with Gasteiger partial charge in [-0.1, -0.05) is 24.3 Å². The van der Waals surface area contributed by atoms with E-state index in [1.807, 2.05) is 36.4 Å². The fourth-order valence-corrected chi connectivity index (χ4v) is 3.20. The highest BCUT2D eigenvalue weighted by atomic mass is 16.7. The van der Waals surface area contributed by atoms with Crippen LogP contribution < -0.4 is 4.74 Å². The summed E-state index contributed by atoms with van der Waals surface area (Å²) < 4.78 is 17.2. The van der Waals surface area contributed by atoms with Crippen molar-refractivity contribution in [3.05, 3.63) is 48.0 Å². The van der Waals surface area contributed by atoms with Crippen molar-refractivity contribution in [3.63, 3.8) is 0 Å². The molecule has 0 spiro atoms. The first-order valence-electron chi connectivity index (χ1n) is 8.44. The standard InChI is InChI=1S/C19H22N2O3/c1-21-9-8-16(13-21)24-18-7-3-6-17(20-18)14-4-2-5-15(12-14)19-22-10-11-23-19/h2-7,12,16,19H,8-11,13H2,1H3/t16-/m0/s1. The first-order valence-corrected chi connectivity index (χ1v) is 8.44. The van der Waals surface area contributed by atoms with Gasteiger partial charge in [0.05, 0.1) is 18.9 Å². The zero-order valence-electron chi connectivity index (χ0n) is 13.9. The number of likely N-dealkylation sites (tertiary alicyclic amines) is 1. The number of hydrogen-bond acceptors (Lipinski definition) is 5. The first-order chi connectivity index (χ1) is 11.8. The maximum absolute atomic E-state index is 6.04. The van der Waals surface area contributed by atoms with E-state index in [2.05, 4.69) is 23.0 Å². The first kappa shape index (κ1) is 15.6. The Hall–Kier alpha value is -1.95. The van der Waals surface area contributed by atoms with Gasteiger partial charge in [-0.05, 0) is 25.6 Å². The number of pyridine rings is 1. The maximum atomic E-state index is 6.04. The summed E-state index contributed by atoms with van der Waals surface area (Å²) in [5, 5.41) is 0. The van der Waals surface area contributed by atoms with Crippen LogP contribution in [0.5, 0.6) is 5.88 Å². The Morgan fingerprint density at radius 3 is 2.75 bits per heavy atom. The molecule has 2 aliphatic heterocycles. The van der Waals surface area contributed by atoms with Crippen LogP contribution in [0.25, 0.3) is 11.3 Å². The Kier molecular flexibility index (Phi) is 4.47. The second-order valence-corrected chi connectivity index (χ2v) is 6.35. The molecule has 2 aromatic rings. The van der Waals surface area contributed by atoms with Gasteiger partial charge in [-0.3, -0.25) is 0 Å². The Bertz CT molecular complexity index is 701. The molecule has 5 nitrogen and oxygen atoms in total. The van der Waals surface area contributed by atoms with E-state index in [9.17, 15) is 0 Å². The molecule has 0 unspecified atom stereocenters. The summed E-state index contributed by atoms with van der Waals surface area (Å²) in [5.41, 5.74) is 2.97. The molecule has 1 aromatic carbocycles. The van der Waals surface area contributed by atoms with Crippen LogP contribution in [0.15, 0.2) is 42.5 Å². The molecule has 1 aromatic heterocycles. The molecule has 0 radical (unpaired) electrons. The Morgan fingerprint density at radius 1 is 1.12 bits per heavy atom. The van der Waals surface area contributed by atoms with Crippen molar-refractivity contribution in [1.29, 1.82) is 0 Å². The molecule has 126 valence electrons.